The summed E-state index contributed by atoms with van der Waals surface area (Å²) in [5.74, 6) is -0.597. The lowest BCUT2D eigenvalue weighted by atomic mass is 10.0. The molecule has 0 radical (unpaired) electrons. The molecule has 0 aliphatic carbocycles. The number of carbonyl (C=O) groups excluding carboxylic acids is 2. The minimum Gasteiger partial charge on any atom is -0.370 e. The molecular weight excluding hydrogens is 324 g/mol. The number of hydrogen-bond acceptors (Lipinski definition) is 4. The molecule has 0 bridgehead atoms. The maximum Gasteiger partial charge on any atom is 0.264 e. The van der Waals surface area contributed by atoms with Crippen LogP contribution in [0.2, 0.25) is 0 Å². The second-order valence-electron chi connectivity index (χ2n) is 6.05. The molecule has 2 amide bonds. The summed E-state index contributed by atoms with van der Waals surface area (Å²) in [6.45, 7) is 4.99. The fourth-order valence-electron chi connectivity index (χ4n) is 2.90. The van der Waals surface area contributed by atoms with Crippen LogP contribution in [0.3, 0.4) is 0 Å². The van der Waals surface area contributed by atoms with E-state index in [0.717, 1.165) is 11.1 Å². The average Bonchev–Trinajstić information content (AvgIpc) is 3.06. The molecule has 0 unspecified atom stereocenters. The van der Waals surface area contributed by atoms with Gasteiger partial charge in [-0.3, -0.25) is 9.59 Å². The number of amides is 2. The number of nitrogens with zero attached hydrogens (tertiary/aromatic N) is 1. The van der Waals surface area contributed by atoms with Gasteiger partial charge in [-0.05, 0) is 31.0 Å². The fraction of sp³-hybridized carbons (Fsp3) is 0.333. The first-order valence-corrected chi connectivity index (χ1v) is 8.71. The summed E-state index contributed by atoms with van der Waals surface area (Å²) in [5.41, 5.74) is 7.90. The van der Waals surface area contributed by atoms with Crippen molar-refractivity contribution in [1.82, 2.24) is 4.90 Å². The van der Waals surface area contributed by atoms with Crippen molar-refractivity contribution >= 4 is 23.2 Å². The lowest BCUT2D eigenvalue weighted by molar-refractivity contribution is -0.0487. The van der Waals surface area contributed by atoms with Gasteiger partial charge in [-0.25, -0.2) is 0 Å². The van der Waals surface area contributed by atoms with Crippen molar-refractivity contribution in [3.63, 3.8) is 0 Å². The van der Waals surface area contributed by atoms with Gasteiger partial charge in [-0.1, -0.05) is 24.3 Å². The number of morpholine rings is 1. The van der Waals surface area contributed by atoms with Gasteiger partial charge >= 0.3 is 0 Å². The molecule has 126 valence electrons. The SMILES string of the molecule is Cc1ccccc1[C@H]1CN(C(=O)c2cc(C(N)=O)cs2)[C@H](C)CO1. The van der Waals surface area contributed by atoms with Gasteiger partial charge in [0.25, 0.3) is 5.91 Å². The highest BCUT2D eigenvalue weighted by atomic mass is 32.1. The largest absolute Gasteiger partial charge is 0.370 e. The highest BCUT2D eigenvalue weighted by Crippen LogP contribution is 2.29. The van der Waals surface area contributed by atoms with Crippen molar-refractivity contribution in [2.75, 3.05) is 13.2 Å². The average molecular weight is 344 g/mol. The molecular formula is C18H20N2O3S. The molecule has 0 spiro atoms. The molecule has 2 atom stereocenters. The quantitative estimate of drug-likeness (QED) is 0.930. The first-order chi connectivity index (χ1) is 11.5. The van der Waals surface area contributed by atoms with Crippen LogP contribution in [-0.2, 0) is 4.74 Å². The van der Waals surface area contributed by atoms with Crippen molar-refractivity contribution < 1.29 is 14.3 Å². The number of aryl methyl sites for hydroxylation is 1. The van der Waals surface area contributed by atoms with E-state index in [4.69, 9.17) is 10.5 Å². The first kappa shape index (κ1) is 16.7. The third-order valence-electron chi connectivity index (χ3n) is 4.32. The van der Waals surface area contributed by atoms with Crippen molar-refractivity contribution in [3.05, 3.63) is 57.3 Å². The number of thiophene rings is 1. The number of rotatable bonds is 3. The molecule has 1 aromatic heterocycles. The minimum absolute atomic E-state index is 0.0168. The smallest absolute Gasteiger partial charge is 0.264 e. The molecule has 1 saturated heterocycles. The maximum absolute atomic E-state index is 12.8. The van der Waals surface area contributed by atoms with Crippen molar-refractivity contribution in [1.29, 1.82) is 0 Å². The molecule has 0 saturated carbocycles. The van der Waals surface area contributed by atoms with E-state index >= 15 is 0 Å². The van der Waals surface area contributed by atoms with Gasteiger partial charge in [-0.2, -0.15) is 0 Å². The number of primary amides is 1. The zero-order chi connectivity index (χ0) is 17.3. The Morgan fingerprint density at radius 1 is 1.33 bits per heavy atom. The Hall–Kier alpha value is -2.18. The van der Waals surface area contributed by atoms with Crippen LogP contribution in [-0.4, -0.2) is 35.9 Å². The van der Waals surface area contributed by atoms with Crippen LogP contribution in [0.25, 0.3) is 0 Å². The van der Waals surface area contributed by atoms with Gasteiger partial charge in [0.2, 0.25) is 5.91 Å². The predicted molar refractivity (Wildman–Crippen MR) is 93.2 cm³/mol. The van der Waals surface area contributed by atoms with E-state index in [2.05, 4.69) is 0 Å². The van der Waals surface area contributed by atoms with Gasteiger partial charge in [0.05, 0.1) is 29.6 Å². The molecule has 1 aromatic carbocycles. The van der Waals surface area contributed by atoms with Crippen LogP contribution in [0.5, 0.6) is 0 Å². The van der Waals surface area contributed by atoms with E-state index in [-0.39, 0.29) is 18.1 Å². The van der Waals surface area contributed by atoms with E-state index in [1.54, 1.807) is 11.4 Å². The molecule has 1 aliphatic heterocycles. The van der Waals surface area contributed by atoms with Crippen LogP contribution >= 0.6 is 11.3 Å². The highest BCUT2D eigenvalue weighted by Gasteiger charge is 2.32. The summed E-state index contributed by atoms with van der Waals surface area (Å²) in [6, 6.07) is 9.60. The molecule has 24 heavy (non-hydrogen) atoms. The predicted octanol–water partition coefficient (Wildman–Crippen LogP) is 2.76. The Morgan fingerprint density at radius 3 is 2.75 bits per heavy atom. The molecule has 1 aliphatic rings. The van der Waals surface area contributed by atoms with Crippen molar-refractivity contribution in [2.45, 2.75) is 26.0 Å². The normalized spacial score (nSPS) is 20.8. The van der Waals surface area contributed by atoms with Crippen LogP contribution in [0.4, 0.5) is 0 Å². The zero-order valence-electron chi connectivity index (χ0n) is 13.7. The van der Waals surface area contributed by atoms with Crippen LogP contribution in [0.15, 0.2) is 35.7 Å². The maximum atomic E-state index is 12.8. The third kappa shape index (κ3) is 3.20. The monoisotopic (exact) mass is 344 g/mol. The number of ether oxygens (including phenoxy) is 1. The summed E-state index contributed by atoms with van der Waals surface area (Å²) >= 11 is 1.25. The standard InChI is InChI=1S/C18H20N2O3S/c1-11-5-3-4-6-14(11)15-8-20(12(2)9-23-15)18(22)16-7-13(10-24-16)17(19)21/h3-7,10,12,15H,8-9H2,1-2H3,(H2,19,21)/t12-,15-/m1/s1. The lowest BCUT2D eigenvalue weighted by Gasteiger charge is -2.38. The zero-order valence-corrected chi connectivity index (χ0v) is 14.5. The van der Waals surface area contributed by atoms with E-state index in [9.17, 15) is 9.59 Å². The molecule has 3 rings (SSSR count). The number of carbonyl (C=O) groups is 2. The Morgan fingerprint density at radius 2 is 2.08 bits per heavy atom. The van der Waals surface area contributed by atoms with Gasteiger partial charge in [0.15, 0.2) is 0 Å². The summed E-state index contributed by atoms with van der Waals surface area (Å²) in [5, 5.41) is 1.62. The van der Waals surface area contributed by atoms with Crippen LogP contribution in [0.1, 0.15) is 44.2 Å². The number of nitrogens with two attached hydrogens (primary N) is 1. The van der Waals surface area contributed by atoms with Crippen molar-refractivity contribution in [2.24, 2.45) is 5.73 Å². The van der Waals surface area contributed by atoms with E-state index in [1.165, 1.54) is 11.3 Å². The van der Waals surface area contributed by atoms with Gasteiger partial charge in [0, 0.05) is 5.38 Å². The molecule has 2 N–H and O–H groups in total. The van der Waals surface area contributed by atoms with E-state index in [0.29, 0.717) is 23.6 Å². The second kappa shape index (κ2) is 6.75. The topological polar surface area (TPSA) is 72.6 Å². The molecule has 2 aromatic rings. The van der Waals surface area contributed by atoms with Crippen molar-refractivity contribution in [3.8, 4) is 0 Å². The Balaban J connectivity index is 1.82. The minimum atomic E-state index is -0.516. The molecule has 6 heteroatoms. The third-order valence-corrected chi connectivity index (χ3v) is 5.24. The molecule has 5 nitrogen and oxygen atoms in total. The lowest BCUT2D eigenvalue weighted by Crippen LogP contribution is -2.48. The fourth-order valence-corrected chi connectivity index (χ4v) is 3.75. The van der Waals surface area contributed by atoms with Crippen LogP contribution < -0.4 is 5.73 Å². The summed E-state index contributed by atoms with van der Waals surface area (Å²) in [6.07, 6.45) is -0.137. The van der Waals surface area contributed by atoms with E-state index in [1.807, 2.05) is 43.0 Å². The summed E-state index contributed by atoms with van der Waals surface area (Å²) in [4.78, 5) is 26.4. The number of benzene rings is 1. The molecule has 2 heterocycles. The summed E-state index contributed by atoms with van der Waals surface area (Å²) < 4.78 is 5.95. The van der Waals surface area contributed by atoms with Gasteiger partial charge < -0.3 is 15.4 Å². The van der Waals surface area contributed by atoms with Gasteiger partial charge in [0.1, 0.15) is 6.10 Å². The summed E-state index contributed by atoms with van der Waals surface area (Å²) in [7, 11) is 0. The molecule has 1 fully saturated rings. The Kier molecular flexibility index (Phi) is 4.69. The number of hydrogen-bond donors (Lipinski definition) is 1. The first-order valence-electron chi connectivity index (χ1n) is 7.84. The Labute approximate surface area is 145 Å². The Bertz CT molecular complexity index is 771. The van der Waals surface area contributed by atoms with Crippen LogP contribution in [0, 0.1) is 6.92 Å². The van der Waals surface area contributed by atoms with Gasteiger partial charge in [-0.15, -0.1) is 11.3 Å². The second-order valence-corrected chi connectivity index (χ2v) is 6.96. The van der Waals surface area contributed by atoms with E-state index < -0.39 is 5.91 Å². The highest BCUT2D eigenvalue weighted by molar-refractivity contribution is 7.12.